The largest absolute Gasteiger partial charge is 0.494 e. The molecule has 1 aromatic heterocycles. The van der Waals surface area contributed by atoms with Crippen LogP contribution in [0, 0.1) is 0 Å². The first kappa shape index (κ1) is 31.3. The summed E-state index contributed by atoms with van der Waals surface area (Å²) in [6, 6.07) is 18.9. The second-order valence-electron chi connectivity index (χ2n) is 10.4. The third-order valence-electron chi connectivity index (χ3n) is 7.07. The lowest BCUT2D eigenvalue weighted by atomic mass is 10.1. The molecule has 0 radical (unpaired) electrons. The number of hydrogen-bond donors (Lipinski definition) is 4. The van der Waals surface area contributed by atoms with E-state index in [1.807, 2.05) is 0 Å². The Morgan fingerprint density at radius 3 is 2.60 bits per heavy atom. The van der Waals surface area contributed by atoms with Crippen LogP contribution in [-0.4, -0.2) is 69.1 Å². The van der Waals surface area contributed by atoms with Gasteiger partial charge in [-0.05, 0) is 60.9 Å². The van der Waals surface area contributed by atoms with Crippen LogP contribution in [0.5, 0.6) is 5.75 Å². The van der Waals surface area contributed by atoms with E-state index in [0.717, 1.165) is 18.5 Å². The van der Waals surface area contributed by atoms with Gasteiger partial charge in [0, 0.05) is 33.0 Å². The van der Waals surface area contributed by atoms with Crippen LogP contribution < -0.4 is 25.0 Å². The van der Waals surface area contributed by atoms with Crippen LogP contribution in [0.4, 0.5) is 11.7 Å². The molecule has 1 aliphatic rings. The van der Waals surface area contributed by atoms with E-state index in [2.05, 4.69) is 25.9 Å². The Kier molecular flexibility index (Phi) is 9.82. The Hall–Kier alpha value is -5.11. The molecule has 4 N–H and O–H groups in total. The molecule has 1 aliphatic heterocycles. The van der Waals surface area contributed by atoms with Crippen molar-refractivity contribution in [2.24, 2.45) is 4.99 Å². The minimum atomic E-state index is -3.87. The number of rotatable bonds is 13. The first-order chi connectivity index (χ1) is 21.7. The number of anilines is 2. The van der Waals surface area contributed by atoms with E-state index in [0.29, 0.717) is 49.0 Å². The second kappa shape index (κ2) is 14.1. The van der Waals surface area contributed by atoms with Crippen LogP contribution in [0.2, 0.25) is 0 Å². The van der Waals surface area contributed by atoms with Crippen LogP contribution in [0.1, 0.15) is 24.8 Å². The van der Waals surface area contributed by atoms with Gasteiger partial charge in [0.1, 0.15) is 17.3 Å². The number of nitrogens with one attached hydrogen (secondary N) is 3. The average molecular weight is 635 g/mol. The monoisotopic (exact) mass is 634 g/mol. The van der Waals surface area contributed by atoms with Gasteiger partial charge in [-0.15, -0.1) is 0 Å². The molecule has 0 saturated heterocycles. The molecule has 3 aromatic carbocycles. The fourth-order valence-corrected chi connectivity index (χ4v) is 5.82. The summed E-state index contributed by atoms with van der Waals surface area (Å²) in [7, 11) is -2.40. The number of carboxylic acids is 1. The van der Waals surface area contributed by atoms with E-state index in [4.69, 9.17) is 9.15 Å². The highest BCUT2D eigenvalue weighted by atomic mass is 32.2. The van der Waals surface area contributed by atoms with Gasteiger partial charge in [0.25, 0.3) is 16.0 Å². The standard InChI is InChI=1S/C31H34N6O7S/c1-37(22-7-3-2-4-8-22)45(41,42)24-14-15-27-25(20-24)34-31(44-27)35-26(29(39)40)19-21-10-12-23(13-11-21)43-18-5-9-28(38)36-30-32-16-6-17-33-30/h2-4,7-8,10-15,20,26H,5-6,9,16-19H2,1H3,(H,34,35)(H,39,40)(H2,32,33,36,38). The Morgan fingerprint density at radius 1 is 1.11 bits per heavy atom. The van der Waals surface area contributed by atoms with Crippen molar-refractivity contribution in [3.63, 3.8) is 0 Å². The van der Waals surface area contributed by atoms with E-state index in [9.17, 15) is 23.1 Å². The quantitative estimate of drug-likeness (QED) is 0.160. The number of aromatic nitrogens is 1. The number of nitrogens with zero attached hydrogens (tertiary/aromatic N) is 3. The zero-order valence-electron chi connectivity index (χ0n) is 24.6. The molecule has 1 unspecified atom stereocenters. The molecular formula is C31H34N6O7S. The van der Waals surface area contributed by atoms with Crippen molar-refractivity contribution in [3.8, 4) is 5.75 Å². The molecular weight excluding hydrogens is 600 g/mol. The van der Waals surface area contributed by atoms with Crippen molar-refractivity contribution < 1.29 is 32.3 Å². The minimum Gasteiger partial charge on any atom is -0.494 e. The molecule has 0 bridgehead atoms. The third kappa shape index (κ3) is 8.09. The Morgan fingerprint density at radius 2 is 1.89 bits per heavy atom. The van der Waals surface area contributed by atoms with Gasteiger partial charge in [-0.2, -0.15) is 4.98 Å². The number of amides is 1. The summed E-state index contributed by atoms with van der Waals surface area (Å²) in [4.78, 5) is 32.6. The van der Waals surface area contributed by atoms with Crippen molar-refractivity contribution in [3.05, 3.63) is 78.4 Å². The Labute approximate surface area is 260 Å². The average Bonchev–Trinajstić information content (AvgIpc) is 3.46. The first-order valence-electron chi connectivity index (χ1n) is 14.4. The van der Waals surface area contributed by atoms with Crippen LogP contribution in [0.3, 0.4) is 0 Å². The minimum absolute atomic E-state index is 0.0215. The fraction of sp³-hybridized carbons (Fsp3) is 0.290. The van der Waals surface area contributed by atoms with Gasteiger partial charge in [0.05, 0.1) is 17.2 Å². The summed E-state index contributed by atoms with van der Waals surface area (Å²) in [6.45, 7) is 1.83. The van der Waals surface area contributed by atoms with Gasteiger partial charge in [-0.1, -0.05) is 30.3 Å². The number of para-hydroxylation sites is 1. The molecule has 1 amide bonds. The molecule has 45 heavy (non-hydrogen) atoms. The molecule has 0 aliphatic carbocycles. The second-order valence-corrected chi connectivity index (χ2v) is 12.3. The van der Waals surface area contributed by atoms with E-state index >= 15 is 0 Å². The Bertz CT molecular complexity index is 1780. The number of carboxylic acid groups (broad SMARTS) is 1. The molecule has 4 aromatic rings. The van der Waals surface area contributed by atoms with Crippen molar-refractivity contribution in [1.82, 2.24) is 15.6 Å². The normalized spacial score (nSPS) is 13.8. The highest BCUT2D eigenvalue weighted by molar-refractivity contribution is 7.92. The van der Waals surface area contributed by atoms with Crippen LogP contribution in [-0.2, 0) is 26.0 Å². The zero-order chi connectivity index (χ0) is 31.8. The van der Waals surface area contributed by atoms with E-state index in [1.54, 1.807) is 54.6 Å². The van der Waals surface area contributed by atoms with Crippen molar-refractivity contribution >= 4 is 50.7 Å². The lowest BCUT2D eigenvalue weighted by molar-refractivity contribution is -0.138. The number of guanidine groups is 1. The van der Waals surface area contributed by atoms with E-state index in [-0.39, 0.29) is 28.8 Å². The van der Waals surface area contributed by atoms with Gasteiger partial charge in [0.15, 0.2) is 11.5 Å². The van der Waals surface area contributed by atoms with Crippen molar-refractivity contribution in [2.75, 3.05) is 36.4 Å². The number of carbonyl (C=O) groups is 2. The number of hydrogen-bond acceptors (Lipinski definition) is 10. The van der Waals surface area contributed by atoms with E-state index in [1.165, 1.54) is 29.6 Å². The summed E-state index contributed by atoms with van der Waals surface area (Å²) >= 11 is 0. The zero-order valence-corrected chi connectivity index (χ0v) is 25.4. The summed E-state index contributed by atoms with van der Waals surface area (Å²) in [5.41, 5.74) is 1.81. The highest BCUT2D eigenvalue weighted by Gasteiger charge is 2.24. The van der Waals surface area contributed by atoms with Gasteiger partial charge < -0.3 is 24.9 Å². The molecule has 14 heteroatoms. The summed E-state index contributed by atoms with van der Waals surface area (Å²) < 4.78 is 39.0. The molecule has 236 valence electrons. The predicted molar refractivity (Wildman–Crippen MR) is 169 cm³/mol. The molecule has 13 nitrogen and oxygen atoms in total. The maximum atomic E-state index is 13.2. The summed E-state index contributed by atoms with van der Waals surface area (Å²) in [5, 5.41) is 18.4. The topological polar surface area (TPSA) is 175 Å². The van der Waals surface area contributed by atoms with Crippen molar-refractivity contribution in [2.45, 2.75) is 36.6 Å². The number of ether oxygens (including phenoxy) is 1. The molecule has 5 rings (SSSR count). The number of fused-ring (bicyclic) bond motifs is 1. The van der Waals surface area contributed by atoms with Crippen LogP contribution >= 0.6 is 0 Å². The Balaban J connectivity index is 1.15. The number of oxazole rings is 1. The van der Waals surface area contributed by atoms with Crippen LogP contribution in [0.25, 0.3) is 11.1 Å². The lowest BCUT2D eigenvalue weighted by Crippen LogP contribution is -2.43. The smallest absolute Gasteiger partial charge is 0.326 e. The van der Waals surface area contributed by atoms with Gasteiger partial charge in [-0.25, -0.2) is 13.2 Å². The van der Waals surface area contributed by atoms with Gasteiger partial charge >= 0.3 is 5.97 Å². The lowest BCUT2D eigenvalue weighted by Gasteiger charge is -2.19. The number of sulfonamides is 1. The number of aliphatic carboxylic acids is 1. The fourth-order valence-electron chi connectivity index (χ4n) is 4.60. The van der Waals surface area contributed by atoms with Gasteiger partial charge in [0.2, 0.25) is 5.91 Å². The maximum absolute atomic E-state index is 13.2. The SMILES string of the molecule is CN(c1ccccc1)S(=O)(=O)c1ccc2oc(NC(Cc3ccc(OCCCC(=O)NC4=NCCCN4)cc3)C(=O)O)nc2c1. The molecule has 0 fully saturated rings. The van der Waals surface area contributed by atoms with Crippen molar-refractivity contribution in [1.29, 1.82) is 0 Å². The summed E-state index contributed by atoms with van der Waals surface area (Å²) in [5.74, 6) is -0.132. The first-order valence-corrected chi connectivity index (χ1v) is 15.9. The predicted octanol–water partition coefficient (Wildman–Crippen LogP) is 3.39. The number of benzene rings is 3. The van der Waals surface area contributed by atoms with Gasteiger partial charge in [-0.3, -0.25) is 19.4 Å². The maximum Gasteiger partial charge on any atom is 0.326 e. The number of carbonyl (C=O) groups excluding carboxylic acids is 1. The van der Waals surface area contributed by atoms with E-state index < -0.39 is 22.0 Å². The highest BCUT2D eigenvalue weighted by Crippen LogP contribution is 2.27. The third-order valence-corrected chi connectivity index (χ3v) is 8.85. The number of aliphatic imine (C=N–C) groups is 1. The molecule has 0 saturated carbocycles. The van der Waals surface area contributed by atoms with Crippen LogP contribution in [0.15, 0.2) is 87.1 Å². The molecule has 1 atom stereocenters. The summed E-state index contributed by atoms with van der Waals surface area (Å²) in [6.07, 6.45) is 1.88. The molecule has 0 spiro atoms. The molecule has 2 heterocycles.